The van der Waals surface area contributed by atoms with E-state index in [0.29, 0.717) is 13.0 Å². The maximum Gasteiger partial charge on any atom is 0.120 e. The summed E-state index contributed by atoms with van der Waals surface area (Å²) in [5.74, 6) is 0.843. The van der Waals surface area contributed by atoms with E-state index in [2.05, 4.69) is 48.0 Å². The van der Waals surface area contributed by atoms with Gasteiger partial charge in [0.25, 0.3) is 0 Å². The molecule has 28 heavy (non-hydrogen) atoms. The van der Waals surface area contributed by atoms with Crippen molar-refractivity contribution >= 4 is 16.8 Å². The fourth-order valence-corrected chi connectivity index (χ4v) is 3.04. The Bertz CT molecular complexity index is 944. The Morgan fingerprint density at radius 3 is 2.68 bits per heavy atom. The Balaban J connectivity index is 1.68. The van der Waals surface area contributed by atoms with Crippen molar-refractivity contribution in [3.63, 3.8) is 0 Å². The number of allylic oxidation sites excluding steroid dienone is 1. The van der Waals surface area contributed by atoms with Gasteiger partial charge in [0.1, 0.15) is 12.4 Å². The second-order valence-corrected chi connectivity index (χ2v) is 6.91. The van der Waals surface area contributed by atoms with Gasteiger partial charge in [-0.05, 0) is 66.8 Å². The highest BCUT2D eigenvalue weighted by Gasteiger charge is 2.03. The summed E-state index contributed by atoms with van der Waals surface area (Å²) in [5.41, 5.74) is 3.08. The molecule has 0 radical (unpaired) electrons. The first-order valence-corrected chi connectivity index (χ1v) is 9.70. The zero-order valence-corrected chi connectivity index (χ0v) is 16.3. The van der Waals surface area contributed by atoms with Crippen molar-refractivity contribution in [2.24, 2.45) is 0 Å². The second kappa shape index (κ2) is 9.84. The number of pyridine rings is 1. The summed E-state index contributed by atoms with van der Waals surface area (Å²) < 4.78 is 18.4. The van der Waals surface area contributed by atoms with Gasteiger partial charge in [-0.2, -0.15) is 0 Å². The number of halogens is 1. The Morgan fingerprint density at radius 2 is 1.93 bits per heavy atom. The Hall–Kier alpha value is -2.94. The number of rotatable bonds is 9. The first-order chi connectivity index (χ1) is 13.7. The van der Waals surface area contributed by atoms with E-state index < -0.39 is 6.17 Å². The average Bonchev–Trinajstić information content (AvgIpc) is 2.71. The molecule has 1 unspecified atom stereocenters. The number of benzene rings is 2. The minimum Gasteiger partial charge on any atom is -0.490 e. The molecule has 0 aliphatic carbocycles. The predicted molar refractivity (Wildman–Crippen MR) is 116 cm³/mol. The molecule has 0 aliphatic heterocycles. The number of fused-ring (bicyclic) bond motifs is 1. The van der Waals surface area contributed by atoms with Gasteiger partial charge in [0.05, 0.1) is 11.9 Å². The molecule has 2 nitrogen and oxygen atoms in total. The number of alkyl halides is 1. The van der Waals surface area contributed by atoms with Gasteiger partial charge in [-0.3, -0.25) is 4.98 Å². The van der Waals surface area contributed by atoms with E-state index in [1.165, 1.54) is 0 Å². The van der Waals surface area contributed by atoms with E-state index in [4.69, 9.17) is 4.74 Å². The normalized spacial score (nSPS) is 12.4. The molecule has 144 valence electrons. The number of nitrogens with zero attached hydrogens (tertiary/aromatic N) is 1. The van der Waals surface area contributed by atoms with Crippen molar-refractivity contribution in [1.82, 2.24) is 4.98 Å². The van der Waals surface area contributed by atoms with E-state index >= 15 is 0 Å². The minimum atomic E-state index is -0.720. The van der Waals surface area contributed by atoms with Crippen molar-refractivity contribution in [1.29, 1.82) is 0 Å². The van der Waals surface area contributed by atoms with Crippen molar-refractivity contribution in [3.8, 4) is 17.0 Å². The topological polar surface area (TPSA) is 22.1 Å². The van der Waals surface area contributed by atoms with Crippen LogP contribution in [0.25, 0.3) is 28.1 Å². The van der Waals surface area contributed by atoms with Crippen LogP contribution < -0.4 is 4.74 Å². The van der Waals surface area contributed by atoms with Crippen LogP contribution in [0.4, 0.5) is 4.39 Å². The van der Waals surface area contributed by atoms with E-state index in [-0.39, 0.29) is 0 Å². The van der Waals surface area contributed by atoms with Crippen LogP contribution in [-0.4, -0.2) is 17.8 Å². The quantitative estimate of drug-likeness (QED) is 0.296. The van der Waals surface area contributed by atoms with Gasteiger partial charge in [-0.1, -0.05) is 49.1 Å². The number of ether oxygens (including phenoxy) is 1. The van der Waals surface area contributed by atoms with E-state index in [9.17, 15) is 4.39 Å². The van der Waals surface area contributed by atoms with Gasteiger partial charge in [0.15, 0.2) is 0 Å². The summed E-state index contributed by atoms with van der Waals surface area (Å²) >= 11 is 0. The molecule has 1 aromatic heterocycles. The summed E-state index contributed by atoms with van der Waals surface area (Å²) in [5, 5.41) is 2.28. The average molecular weight is 375 g/mol. The molecule has 1 heterocycles. The monoisotopic (exact) mass is 375 g/mol. The summed E-state index contributed by atoms with van der Waals surface area (Å²) in [7, 11) is 0. The molecule has 0 bridgehead atoms. The number of aromatic nitrogens is 1. The summed E-state index contributed by atoms with van der Waals surface area (Å²) in [6, 6.07) is 16.5. The molecule has 0 aliphatic rings. The molecule has 3 rings (SSSR count). The van der Waals surface area contributed by atoms with Gasteiger partial charge in [0.2, 0.25) is 0 Å². The molecule has 1 atom stereocenters. The third-order valence-electron chi connectivity index (χ3n) is 4.54. The summed E-state index contributed by atoms with van der Waals surface area (Å²) in [6.45, 7) is 5.78. The molecule has 0 spiro atoms. The van der Waals surface area contributed by atoms with Crippen LogP contribution in [0.3, 0.4) is 0 Å². The van der Waals surface area contributed by atoms with Crippen LogP contribution >= 0.6 is 0 Å². The molecule has 0 saturated heterocycles. The molecule has 2 aromatic carbocycles. The van der Waals surface area contributed by atoms with Crippen molar-refractivity contribution < 1.29 is 9.13 Å². The first kappa shape index (κ1) is 19.8. The SMILES string of the molecule is C=CCOc1ccc2cc(-c3ccc(C=CCCCC(C)F)cn3)ccc2c1. The van der Waals surface area contributed by atoms with E-state index in [1.54, 1.807) is 13.0 Å². The van der Waals surface area contributed by atoms with Crippen LogP contribution in [0.1, 0.15) is 31.7 Å². The Morgan fingerprint density at radius 1 is 1.11 bits per heavy atom. The lowest BCUT2D eigenvalue weighted by atomic mass is 10.0. The largest absolute Gasteiger partial charge is 0.490 e. The highest BCUT2D eigenvalue weighted by atomic mass is 19.1. The Kier molecular flexibility index (Phi) is 6.96. The molecule has 0 N–H and O–H groups in total. The maximum absolute atomic E-state index is 12.8. The number of hydrogen-bond acceptors (Lipinski definition) is 2. The van der Waals surface area contributed by atoms with E-state index in [1.807, 2.05) is 30.5 Å². The highest BCUT2D eigenvalue weighted by Crippen LogP contribution is 2.26. The number of hydrogen-bond donors (Lipinski definition) is 0. The van der Waals surface area contributed by atoms with Gasteiger partial charge in [-0.15, -0.1) is 0 Å². The van der Waals surface area contributed by atoms with E-state index in [0.717, 1.165) is 46.2 Å². The summed E-state index contributed by atoms with van der Waals surface area (Å²) in [4.78, 5) is 4.59. The van der Waals surface area contributed by atoms with Gasteiger partial charge >= 0.3 is 0 Å². The zero-order chi connectivity index (χ0) is 19.8. The van der Waals surface area contributed by atoms with Crippen molar-refractivity contribution in [3.05, 3.63) is 79.0 Å². The fraction of sp³-hybridized carbons (Fsp3) is 0.240. The molecule has 3 heteroatoms. The molecule has 3 aromatic rings. The molecular formula is C25H26FNO. The van der Waals surface area contributed by atoms with Gasteiger partial charge in [0, 0.05) is 11.8 Å². The van der Waals surface area contributed by atoms with Gasteiger partial charge in [-0.25, -0.2) is 4.39 Å². The van der Waals surface area contributed by atoms with Crippen LogP contribution in [0.5, 0.6) is 5.75 Å². The third-order valence-corrected chi connectivity index (χ3v) is 4.54. The molecule has 0 fully saturated rings. The smallest absolute Gasteiger partial charge is 0.120 e. The number of unbranched alkanes of at least 4 members (excludes halogenated alkanes) is 1. The van der Waals surface area contributed by atoms with Crippen LogP contribution in [0, 0.1) is 0 Å². The Labute approximate surface area is 166 Å². The maximum atomic E-state index is 12.8. The lowest BCUT2D eigenvalue weighted by Gasteiger charge is -2.07. The van der Waals surface area contributed by atoms with Crippen LogP contribution in [0.15, 0.2) is 73.5 Å². The zero-order valence-electron chi connectivity index (χ0n) is 16.3. The predicted octanol–water partition coefficient (Wildman–Crippen LogP) is 7.01. The van der Waals surface area contributed by atoms with Crippen LogP contribution in [-0.2, 0) is 0 Å². The minimum absolute atomic E-state index is 0.503. The van der Waals surface area contributed by atoms with Crippen molar-refractivity contribution in [2.75, 3.05) is 6.61 Å². The molecular weight excluding hydrogens is 349 g/mol. The standard InChI is InChI=1S/C25H26FNO/c1-3-15-28-24-13-12-21-16-23(11-10-22(21)17-24)25-14-9-20(18-27-25)8-6-4-5-7-19(2)26/h3,6,8-14,16-19H,1,4-5,7,15H2,2H3. The third kappa shape index (κ3) is 5.53. The van der Waals surface area contributed by atoms with Crippen molar-refractivity contribution in [2.45, 2.75) is 32.4 Å². The first-order valence-electron chi connectivity index (χ1n) is 9.70. The molecule has 0 saturated carbocycles. The lowest BCUT2D eigenvalue weighted by Crippen LogP contribution is -1.92. The lowest BCUT2D eigenvalue weighted by molar-refractivity contribution is 0.335. The fourth-order valence-electron chi connectivity index (χ4n) is 3.04. The second-order valence-electron chi connectivity index (χ2n) is 6.91. The molecule has 0 amide bonds. The van der Waals surface area contributed by atoms with Gasteiger partial charge < -0.3 is 4.74 Å². The van der Waals surface area contributed by atoms with Crippen LogP contribution in [0.2, 0.25) is 0 Å². The summed E-state index contributed by atoms with van der Waals surface area (Å²) in [6.07, 6.45) is 9.40. The highest BCUT2D eigenvalue weighted by molar-refractivity contribution is 5.88.